The molecule has 4 nitrogen and oxygen atoms in total. The van der Waals surface area contributed by atoms with Crippen LogP contribution in [0.2, 0.25) is 0 Å². The Kier molecular flexibility index (Phi) is 6.96. The number of ether oxygens (including phenoxy) is 2. The Balaban J connectivity index is 1.30. The molecule has 1 heterocycles. The van der Waals surface area contributed by atoms with E-state index in [1.807, 2.05) is 13.0 Å². The van der Waals surface area contributed by atoms with Crippen LogP contribution in [-0.2, 0) is 28.0 Å². The standard InChI is InChI=1S/C35H40FNO3/c1-22-17-28(32(36)20-37-22)26-12-9-23(18-27(26)29-8-6-14-34(29,2)3)21-40-25-11-10-24-7-5-15-35(31(24)19-25)16-13-30(35)33(38)39-4/h9-12,17-20,29-30H,5-8,13-16,21H2,1-4H3/t29-,30-,35+/m0/s1. The highest BCUT2D eigenvalue weighted by Gasteiger charge is 2.53. The molecule has 3 aromatic rings. The number of hydrogen-bond donors (Lipinski definition) is 0. The smallest absolute Gasteiger partial charge is 0.309 e. The number of nitrogens with zero attached hydrogens (tertiary/aromatic N) is 1. The number of rotatable bonds is 6. The summed E-state index contributed by atoms with van der Waals surface area (Å²) in [5.41, 5.74) is 7.31. The van der Waals surface area contributed by atoms with Gasteiger partial charge in [-0.25, -0.2) is 4.39 Å². The van der Waals surface area contributed by atoms with Crippen molar-refractivity contribution in [3.05, 3.63) is 82.4 Å². The summed E-state index contributed by atoms with van der Waals surface area (Å²) in [5, 5.41) is 0. The monoisotopic (exact) mass is 541 g/mol. The van der Waals surface area contributed by atoms with Gasteiger partial charge in [0.15, 0.2) is 0 Å². The highest BCUT2D eigenvalue weighted by atomic mass is 19.1. The lowest BCUT2D eigenvalue weighted by Gasteiger charge is -2.51. The zero-order valence-corrected chi connectivity index (χ0v) is 24.2. The second-order valence-corrected chi connectivity index (χ2v) is 12.9. The van der Waals surface area contributed by atoms with Crippen LogP contribution >= 0.6 is 0 Å². The van der Waals surface area contributed by atoms with E-state index in [-0.39, 0.29) is 28.5 Å². The lowest BCUT2D eigenvalue weighted by molar-refractivity contribution is -0.153. The Morgan fingerprint density at radius 3 is 2.60 bits per heavy atom. The van der Waals surface area contributed by atoms with E-state index >= 15 is 4.39 Å². The molecule has 0 bridgehead atoms. The molecule has 40 heavy (non-hydrogen) atoms. The number of methoxy groups -OCH3 is 1. The first-order chi connectivity index (χ1) is 19.2. The molecule has 1 aromatic heterocycles. The van der Waals surface area contributed by atoms with E-state index in [0.29, 0.717) is 18.1 Å². The van der Waals surface area contributed by atoms with Gasteiger partial charge in [0.1, 0.15) is 18.2 Å². The summed E-state index contributed by atoms with van der Waals surface area (Å²) in [7, 11) is 1.49. The van der Waals surface area contributed by atoms with Crippen molar-refractivity contribution in [2.24, 2.45) is 11.3 Å². The summed E-state index contributed by atoms with van der Waals surface area (Å²) in [5.74, 6) is 0.754. The number of aryl methyl sites for hydroxylation is 2. The summed E-state index contributed by atoms with van der Waals surface area (Å²) in [6.45, 7) is 7.00. The highest BCUT2D eigenvalue weighted by molar-refractivity contribution is 5.76. The van der Waals surface area contributed by atoms with Crippen LogP contribution in [0.1, 0.15) is 92.7 Å². The van der Waals surface area contributed by atoms with Crippen LogP contribution in [0.25, 0.3) is 11.1 Å². The molecule has 6 rings (SSSR count). The molecular formula is C35H40FNO3. The minimum absolute atomic E-state index is 0.0612. The van der Waals surface area contributed by atoms with Crippen LogP contribution in [0.15, 0.2) is 48.7 Å². The van der Waals surface area contributed by atoms with Gasteiger partial charge < -0.3 is 9.47 Å². The summed E-state index contributed by atoms with van der Waals surface area (Å²) in [6, 6.07) is 14.6. The first-order valence-electron chi connectivity index (χ1n) is 14.8. The van der Waals surface area contributed by atoms with Crippen molar-refractivity contribution in [2.75, 3.05) is 7.11 Å². The average Bonchev–Trinajstić information content (AvgIpc) is 3.30. The summed E-state index contributed by atoms with van der Waals surface area (Å²) >= 11 is 0. The second kappa shape index (κ2) is 10.3. The molecule has 2 fully saturated rings. The van der Waals surface area contributed by atoms with Crippen LogP contribution in [0.5, 0.6) is 5.75 Å². The van der Waals surface area contributed by atoms with Crippen LogP contribution < -0.4 is 4.74 Å². The number of esters is 1. The predicted octanol–water partition coefficient (Wildman–Crippen LogP) is 8.23. The first-order valence-corrected chi connectivity index (χ1v) is 14.8. The molecule has 5 heteroatoms. The molecule has 0 aliphatic heterocycles. The second-order valence-electron chi connectivity index (χ2n) is 12.9. The Labute approximate surface area is 237 Å². The Morgan fingerprint density at radius 1 is 1.02 bits per heavy atom. The fraction of sp³-hybridized carbons (Fsp3) is 0.486. The molecule has 3 atom stereocenters. The van der Waals surface area contributed by atoms with E-state index in [9.17, 15) is 4.79 Å². The fourth-order valence-electron chi connectivity index (χ4n) is 7.86. The maximum absolute atomic E-state index is 15.0. The third-order valence-corrected chi connectivity index (χ3v) is 10.2. The van der Waals surface area contributed by atoms with Crippen LogP contribution in [0, 0.1) is 24.1 Å². The molecule has 3 aliphatic rings. The predicted molar refractivity (Wildman–Crippen MR) is 155 cm³/mol. The van der Waals surface area contributed by atoms with Gasteiger partial charge in [0, 0.05) is 16.7 Å². The lowest BCUT2D eigenvalue weighted by Crippen LogP contribution is -2.50. The minimum atomic E-state index is -0.282. The molecule has 3 aliphatic carbocycles. The van der Waals surface area contributed by atoms with E-state index < -0.39 is 0 Å². The lowest BCUT2D eigenvalue weighted by atomic mass is 9.52. The number of hydrogen-bond acceptors (Lipinski definition) is 4. The third kappa shape index (κ3) is 4.61. The molecule has 1 spiro atoms. The Hall–Kier alpha value is -3.21. The Morgan fingerprint density at radius 2 is 1.88 bits per heavy atom. The van der Waals surface area contributed by atoms with Crippen molar-refractivity contribution < 1.29 is 18.7 Å². The molecule has 0 N–H and O–H groups in total. The maximum Gasteiger partial charge on any atom is 0.309 e. The van der Waals surface area contributed by atoms with E-state index in [0.717, 1.165) is 61.1 Å². The summed E-state index contributed by atoms with van der Waals surface area (Å²) in [4.78, 5) is 16.7. The number of aromatic nitrogens is 1. The van der Waals surface area contributed by atoms with E-state index in [1.54, 1.807) is 0 Å². The van der Waals surface area contributed by atoms with Crippen molar-refractivity contribution in [3.8, 4) is 16.9 Å². The first kappa shape index (κ1) is 27.0. The van der Waals surface area contributed by atoms with E-state index in [1.165, 1.54) is 42.8 Å². The van der Waals surface area contributed by atoms with Gasteiger partial charge in [-0.1, -0.05) is 44.5 Å². The van der Waals surface area contributed by atoms with Crippen LogP contribution in [0.4, 0.5) is 4.39 Å². The van der Waals surface area contributed by atoms with Crippen molar-refractivity contribution in [3.63, 3.8) is 0 Å². The summed E-state index contributed by atoms with van der Waals surface area (Å²) in [6.07, 6.45) is 9.86. The molecule has 210 valence electrons. The normalized spacial score (nSPS) is 24.8. The average molecular weight is 542 g/mol. The molecule has 2 saturated carbocycles. The topological polar surface area (TPSA) is 48.4 Å². The van der Waals surface area contributed by atoms with Crippen molar-refractivity contribution in [1.29, 1.82) is 0 Å². The number of benzene rings is 2. The minimum Gasteiger partial charge on any atom is -0.489 e. The zero-order valence-electron chi connectivity index (χ0n) is 24.2. The number of carbonyl (C=O) groups is 1. The van der Waals surface area contributed by atoms with Crippen molar-refractivity contribution >= 4 is 5.97 Å². The fourth-order valence-corrected chi connectivity index (χ4v) is 7.86. The van der Waals surface area contributed by atoms with Gasteiger partial charge in [-0.05, 0) is 109 Å². The van der Waals surface area contributed by atoms with Crippen LogP contribution in [0.3, 0.4) is 0 Å². The highest BCUT2D eigenvalue weighted by Crippen LogP contribution is 2.56. The number of pyridine rings is 1. The van der Waals surface area contributed by atoms with Gasteiger partial charge in [0.25, 0.3) is 0 Å². The van der Waals surface area contributed by atoms with Gasteiger partial charge in [0.2, 0.25) is 0 Å². The van der Waals surface area contributed by atoms with Crippen molar-refractivity contribution in [2.45, 2.75) is 90.1 Å². The van der Waals surface area contributed by atoms with Crippen LogP contribution in [-0.4, -0.2) is 18.1 Å². The maximum atomic E-state index is 15.0. The zero-order chi connectivity index (χ0) is 28.1. The number of fused-ring (bicyclic) bond motifs is 2. The summed E-state index contributed by atoms with van der Waals surface area (Å²) < 4.78 is 26.6. The molecule has 0 saturated heterocycles. The largest absolute Gasteiger partial charge is 0.489 e. The SMILES string of the molecule is COC(=O)[C@@H]1CC[C@]12CCCc1ccc(OCc3ccc(-c4cc(C)ncc4F)c([C@@H]4CCCC4(C)C)c3)cc12. The Bertz CT molecular complexity index is 1450. The molecule has 2 aromatic carbocycles. The molecule has 0 unspecified atom stereocenters. The van der Waals surface area contributed by atoms with E-state index in [2.05, 4.69) is 55.2 Å². The van der Waals surface area contributed by atoms with E-state index in [4.69, 9.17) is 9.47 Å². The van der Waals surface area contributed by atoms with Crippen molar-refractivity contribution in [1.82, 2.24) is 4.98 Å². The van der Waals surface area contributed by atoms with Gasteiger partial charge >= 0.3 is 5.97 Å². The van der Waals surface area contributed by atoms with Gasteiger partial charge in [-0.15, -0.1) is 0 Å². The molecule has 0 radical (unpaired) electrons. The molecular weight excluding hydrogens is 501 g/mol. The number of halogens is 1. The van der Waals surface area contributed by atoms with Gasteiger partial charge in [0.05, 0.1) is 19.2 Å². The van der Waals surface area contributed by atoms with Gasteiger partial charge in [-0.2, -0.15) is 0 Å². The van der Waals surface area contributed by atoms with Gasteiger partial charge in [-0.3, -0.25) is 9.78 Å². The molecule has 0 amide bonds. The number of carbonyl (C=O) groups excluding carboxylic acids is 1. The quantitative estimate of drug-likeness (QED) is 0.295. The third-order valence-electron chi connectivity index (χ3n) is 10.2.